The van der Waals surface area contributed by atoms with Crippen LogP contribution in [0.5, 0.6) is 0 Å². The summed E-state index contributed by atoms with van der Waals surface area (Å²) < 4.78 is 20.8. The Hall–Kier alpha value is -1.89. The molecule has 0 aliphatic heterocycles. The molecule has 0 aliphatic carbocycles. The maximum atomic E-state index is 13.4. The molecule has 23 heavy (non-hydrogen) atoms. The lowest BCUT2D eigenvalue weighted by Crippen LogP contribution is -2.34. The molecule has 1 aromatic carbocycles. The number of halogens is 2. The standard InChI is InChI=1S/C16H19BrFN3O2/c1-10(20-15(22)23-16(2,3)4)14-8-19-9-21(14)11-5-6-13(18)12(17)7-11/h5-10H,1-4H3,(H,20,22)/t10-/m0/s1. The second kappa shape index (κ2) is 6.70. The molecule has 1 heterocycles. The van der Waals surface area contributed by atoms with Crippen molar-refractivity contribution in [1.82, 2.24) is 14.9 Å². The number of hydrogen-bond donors (Lipinski definition) is 1. The van der Waals surface area contributed by atoms with Gasteiger partial charge in [0, 0.05) is 5.69 Å². The van der Waals surface area contributed by atoms with E-state index in [0.29, 0.717) is 4.47 Å². The largest absolute Gasteiger partial charge is 0.444 e. The molecule has 0 bridgehead atoms. The molecule has 1 amide bonds. The summed E-state index contributed by atoms with van der Waals surface area (Å²) in [6.45, 7) is 7.24. The van der Waals surface area contributed by atoms with Gasteiger partial charge in [0.05, 0.1) is 28.7 Å². The number of imidazole rings is 1. The summed E-state index contributed by atoms with van der Waals surface area (Å²) >= 11 is 3.17. The van der Waals surface area contributed by atoms with Crippen LogP contribution in [0.25, 0.3) is 5.69 Å². The number of hydrogen-bond acceptors (Lipinski definition) is 3. The van der Waals surface area contributed by atoms with Gasteiger partial charge in [0.1, 0.15) is 11.4 Å². The normalized spacial score (nSPS) is 12.8. The second-order valence-electron chi connectivity index (χ2n) is 6.15. The van der Waals surface area contributed by atoms with Crippen molar-refractivity contribution in [3.8, 4) is 5.69 Å². The summed E-state index contributed by atoms with van der Waals surface area (Å²) in [5.74, 6) is -0.338. The van der Waals surface area contributed by atoms with E-state index in [0.717, 1.165) is 11.4 Å². The van der Waals surface area contributed by atoms with Crippen molar-refractivity contribution in [2.45, 2.75) is 39.3 Å². The SMILES string of the molecule is C[C@H](NC(=O)OC(C)(C)C)c1cncn1-c1ccc(F)c(Br)c1. The van der Waals surface area contributed by atoms with Gasteiger partial charge in [-0.05, 0) is 61.8 Å². The van der Waals surface area contributed by atoms with Gasteiger partial charge < -0.3 is 14.6 Å². The fourth-order valence-electron chi connectivity index (χ4n) is 2.03. The van der Waals surface area contributed by atoms with E-state index in [9.17, 15) is 9.18 Å². The van der Waals surface area contributed by atoms with Crippen LogP contribution in [0.1, 0.15) is 39.4 Å². The van der Waals surface area contributed by atoms with Gasteiger partial charge in [-0.3, -0.25) is 0 Å². The second-order valence-corrected chi connectivity index (χ2v) is 7.01. The molecule has 0 spiro atoms. The number of rotatable bonds is 3. The minimum atomic E-state index is -0.564. The van der Waals surface area contributed by atoms with Crippen LogP contribution in [-0.4, -0.2) is 21.2 Å². The van der Waals surface area contributed by atoms with Gasteiger partial charge in [0.2, 0.25) is 0 Å². The Bertz CT molecular complexity index is 710. The quantitative estimate of drug-likeness (QED) is 0.856. The van der Waals surface area contributed by atoms with E-state index in [4.69, 9.17) is 4.74 Å². The van der Waals surface area contributed by atoms with E-state index >= 15 is 0 Å². The van der Waals surface area contributed by atoms with E-state index in [2.05, 4.69) is 26.2 Å². The molecule has 0 fully saturated rings. The van der Waals surface area contributed by atoms with Gasteiger partial charge in [-0.25, -0.2) is 14.2 Å². The molecule has 1 atom stereocenters. The smallest absolute Gasteiger partial charge is 0.408 e. The number of carbonyl (C=O) groups excluding carboxylic acids is 1. The molecule has 2 rings (SSSR count). The summed E-state index contributed by atoms with van der Waals surface area (Å²) in [4.78, 5) is 16.0. The van der Waals surface area contributed by atoms with Gasteiger partial charge in [-0.2, -0.15) is 0 Å². The Morgan fingerprint density at radius 3 is 2.74 bits per heavy atom. The molecule has 0 saturated heterocycles. The number of benzene rings is 1. The van der Waals surface area contributed by atoms with Crippen LogP contribution in [0, 0.1) is 5.82 Å². The van der Waals surface area contributed by atoms with Crippen molar-refractivity contribution in [1.29, 1.82) is 0 Å². The molecule has 1 aromatic heterocycles. The zero-order valence-corrected chi connectivity index (χ0v) is 15.0. The first kappa shape index (κ1) is 17.5. The van der Waals surface area contributed by atoms with Crippen molar-refractivity contribution < 1.29 is 13.9 Å². The molecule has 0 unspecified atom stereocenters. The van der Waals surface area contributed by atoms with Crippen LogP contribution < -0.4 is 5.32 Å². The first-order valence-electron chi connectivity index (χ1n) is 7.14. The van der Waals surface area contributed by atoms with Gasteiger partial charge >= 0.3 is 6.09 Å². The number of carbonyl (C=O) groups is 1. The molecule has 7 heteroatoms. The van der Waals surface area contributed by atoms with E-state index in [1.54, 1.807) is 50.0 Å². The number of nitrogens with one attached hydrogen (secondary N) is 1. The van der Waals surface area contributed by atoms with E-state index in [-0.39, 0.29) is 11.9 Å². The minimum Gasteiger partial charge on any atom is -0.444 e. The Balaban J connectivity index is 2.20. The molecule has 2 aromatic rings. The van der Waals surface area contributed by atoms with Crippen LogP contribution in [-0.2, 0) is 4.74 Å². The summed E-state index contributed by atoms with van der Waals surface area (Å²) in [7, 11) is 0. The van der Waals surface area contributed by atoms with Crippen LogP contribution in [0.3, 0.4) is 0 Å². The molecule has 1 N–H and O–H groups in total. The average Bonchev–Trinajstić information content (AvgIpc) is 2.89. The highest BCUT2D eigenvalue weighted by molar-refractivity contribution is 9.10. The zero-order chi connectivity index (χ0) is 17.2. The van der Waals surface area contributed by atoms with Gasteiger partial charge in [0.15, 0.2) is 0 Å². The molecule has 5 nitrogen and oxygen atoms in total. The first-order valence-corrected chi connectivity index (χ1v) is 7.94. The first-order chi connectivity index (χ1) is 10.7. The Morgan fingerprint density at radius 1 is 1.43 bits per heavy atom. The highest BCUT2D eigenvalue weighted by Gasteiger charge is 2.20. The molecule has 0 aliphatic rings. The third-order valence-electron chi connectivity index (χ3n) is 3.03. The minimum absolute atomic E-state index is 0.323. The Labute approximate surface area is 143 Å². The predicted octanol–water partition coefficient (Wildman–Crippen LogP) is 4.36. The van der Waals surface area contributed by atoms with E-state index < -0.39 is 11.7 Å². The highest BCUT2D eigenvalue weighted by Crippen LogP contribution is 2.23. The summed E-state index contributed by atoms with van der Waals surface area (Å²) in [6, 6.07) is 4.35. The maximum absolute atomic E-state index is 13.4. The number of nitrogens with zero attached hydrogens (tertiary/aromatic N) is 2. The van der Waals surface area contributed by atoms with Crippen molar-refractivity contribution in [3.63, 3.8) is 0 Å². The Morgan fingerprint density at radius 2 is 2.13 bits per heavy atom. The van der Waals surface area contributed by atoms with Gasteiger partial charge in [-0.15, -0.1) is 0 Å². The third-order valence-corrected chi connectivity index (χ3v) is 3.63. The lowest BCUT2D eigenvalue weighted by atomic mass is 10.2. The van der Waals surface area contributed by atoms with Crippen LogP contribution >= 0.6 is 15.9 Å². The highest BCUT2D eigenvalue weighted by atomic mass is 79.9. The maximum Gasteiger partial charge on any atom is 0.408 e. The number of alkyl carbamates (subject to hydrolysis) is 1. The van der Waals surface area contributed by atoms with Crippen LogP contribution in [0.4, 0.5) is 9.18 Å². The predicted molar refractivity (Wildman–Crippen MR) is 89.0 cm³/mol. The molecular weight excluding hydrogens is 365 g/mol. The van der Waals surface area contributed by atoms with Crippen molar-refractivity contribution in [2.75, 3.05) is 0 Å². The lowest BCUT2D eigenvalue weighted by molar-refractivity contribution is 0.0506. The topological polar surface area (TPSA) is 56.1 Å². The van der Waals surface area contributed by atoms with Gasteiger partial charge in [-0.1, -0.05) is 0 Å². The number of ether oxygens (including phenoxy) is 1. The van der Waals surface area contributed by atoms with Crippen molar-refractivity contribution >= 4 is 22.0 Å². The Kier molecular flexibility index (Phi) is 5.09. The van der Waals surface area contributed by atoms with Crippen LogP contribution in [0.15, 0.2) is 35.2 Å². The molecule has 124 valence electrons. The third kappa shape index (κ3) is 4.54. The fraction of sp³-hybridized carbons (Fsp3) is 0.375. The number of aromatic nitrogens is 2. The average molecular weight is 384 g/mol. The molecule has 0 saturated carbocycles. The van der Waals surface area contributed by atoms with Crippen molar-refractivity contribution in [3.05, 3.63) is 46.7 Å². The van der Waals surface area contributed by atoms with Crippen molar-refractivity contribution in [2.24, 2.45) is 0 Å². The van der Waals surface area contributed by atoms with E-state index in [1.165, 1.54) is 6.07 Å². The summed E-state index contributed by atoms with van der Waals surface area (Å²) in [6.07, 6.45) is 2.76. The zero-order valence-electron chi connectivity index (χ0n) is 13.4. The molecular formula is C16H19BrFN3O2. The molecule has 0 radical (unpaired) electrons. The van der Waals surface area contributed by atoms with Gasteiger partial charge in [0.25, 0.3) is 0 Å². The number of amides is 1. The monoisotopic (exact) mass is 383 g/mol. The lowest BCUT2D eigenvalue weighted by Gasteiger charge is -2.22. The van der Waals surface area contributed by atoms with Crippen LogP contribution in [0.2, 0.25) is 0 Å². The fourth-order valence-corrected chi connectivity index (χ4v) is 2.40. The van der Waals surface area contributed by atoms with E-state index in [1.807, 2.05) is 6.92 Å². The summed E-state index contributed by atoms with van der Waals surface area (Å²) in [5, 5.41) is 2.77. The summed E-state index contributed by atoms with van der Waals surface area (Å²) in [5.41, 5.74) is 0.935.